The third-order valence-electron chi connectivity index (χ3n) is 4.00. The van der Waals surface area contributed by atoms with Crippen LogP contribution in [-0.4, -0.2) is 16.7 Å². The van der Waals surface area contributed by atoms with Crippen molar-refractivity contribution < 1.29 is 0 Å². The molecule has 0 N–H and O–H groups in total. The molecule has 0 radical (unpaired) electrons. The van der Waals surface area contributed by atoms with Gasteiger partial charge in [0.25, 0.3) is 0 Å². The van der Waals surface area contributed by atoms with Gasteiger partial charge >= 0.3 is 0 Å². The molecule has 20 heavy (non-hydrogen) atoms. The lowest BCUT2D eigenvalue weighted by Gasteiger charge is -2.26. The molecule has 1 aliphatic rings. The summed E-state index contributed by atoms with van der Waals surface area (Å²) >= 11 is 1.71. The maximum absolute atomic E-state index is 9.46. The van der Waals surface area contributed by atoms with E-state index in [0.29, 0.717) is 11.6 Å². The second-order valence-corrected chi connectivity index (χ2v) is 5.91. The molecule has 0 bridgehead atoms. The number of nitrogens with zero attached hydrogens (tertiary/aromatic N) is 4. The summed E-state index contributed by atoms with van der Waals surface area (Å²) in [6, 6.07) is 4.79. The van der Waals surface area contributed by atoms with Gasteiger partial charge in [0.05, 0.1) is 11.7 Å². The lowest BCUT2D eigenvalue weighted by Crippen LogP contribution is -2.25. The standard InChI is InChI=1S/C15H16N4S/c1-10-11(2)17-18-15(13(10)8-16)19-6-3-4-14(19)12-5-7-20-9-12/h5,7,9,14H,3-4,6H2,1-2H3/t14-/m1/s1. The number of hydrogen-bond donors (Lipinski definition) is 0. The van der Waals surface area contributed by atoms with Gasteiger partial charge in [-0.05, 0) is 54.6 Å². The topological polar surface area (TPSA) is 52.8 Å². The predicted octanol–water partition coefficient (Wildman–Crippen LogP) is 3.37. The Labute approximate surface area is 122 Å². The van der Waals surface area contributed by atoms with Gasteiger partial charge in [-0.2, -0.15) is 21.7 Å². The van der Waals surface area contributed by atoms with E-state index in [-0.39, 0.29) is 0 Å². The van der Waals surface area contributed by atoms with Gasteiger partial charge in [-0.25, -0.2) is 0 Å². The number of hydrogen-bond acceptors (Lipinski definition) is 5. The third kappa shape index (κ3) is 2.06. The van der Waals surface area contributed by atoms with Crippen molar-refractivity contribution in [3.8, 4) is 6.07 Å². The molecule has 1 aliphatic heterocycles. The van der Waals surface area contributed by atoms with Crippen LogP contribution in [0.5, 0.6) is 0 Å². The summed E-state index contributed by atoms with van der Waals surface area (Å²) in [5, 5.41) is 22.3. The summed E-state index contributed by atoms with van der Waals surface area (Å²) in [6.45, 7) is 4.78. The zero-order valence-electron chi connectivity index (χ0n) is 11.6. The second kappa shape index (κ2) is 5.22. The molecule has 3 heterocycles. The van der Waals surface area contributed by atoms with Gasteiger partial charge in [0, 0.05) is 6.54 Å². The predicted molar refractivity (Wildman–Crippen MR) is 79.9 cm³/mol. The highest BCUT2D eigenvalue weighted by molar-refractivity contribution is 7.08. The minimum Gasteiger partial charge on any atom is -0.347 e. The van der Waals surface area contributed by atoms with Gasteiger partial charge in [-0.3, -0.25) is 0 Å². The molecule has 0 aromatic carbocycles. The fourth-order valence-corrected chi connectivity index (χ4v) is 3.47. The van der Waals surface area contributed by atoms with E-state index in [1.54, 1.807) is 11.3 Å². The Kier molecular flexibility index (Phi) is 3.41. The maximum atomic E-state index is 9.46. The van der Waals surface area contributed by atoms with Crippen molar-refractivity contribution in [1.29, 1.82) is 5.26 Å². The fraction of sp³-hybridized carbons (Fsp3) is 0.400. The van der Waals surface area contributed by atoms with Gasteiger partial charge < -0.3 is 4.90 Å². The second-order valence-electron chi connectivity index (χ2n) is 5.13. The van der Waals surface area contributed by atoms with E-state index in [0.717, 1.165) is 36.5 Å². The minimum atomic E-state index is 0.324. The normalized spacial score (nSPS) is 18.2. The third-order valence-corrected chi connectivity index (χ3v) is 4.70. The van der Waals surface area contributed by atoms with Crippen molar-refractivity contribution in [2.45, 2.75) is 32.7 Å². The SMILES string of the molecule is Cc1nnc(N2CCC[C@@H]2c2ccsc2)c(C#N)c1C. The first-order valence-electron chi connectivity index (χ1n) is 6.75. The van der Waals surface area contributed by atoms with Crippen LogP contribution < -0.4 is 4.90 Å². The van der Waals surface area contributed by atoms with Crippen LogP contribution in [0.4, 0.5) is 5.82 Å². The minimum absolute atomic E-state index is 0.324. The highest BCUT2D eigenvalue weighted by Gasteiger charge is 2.30. The summed E-state index contributed by atoms with van der Waals surface area (Å²) < 4.78 is 0. The molecule has 1 atom stereocenters. The first-order chi connectivity index (χ1) is 9.72. The van der Waals surface area contributed by atoms with E-state index in [9.17, 15) is 5.26 Å². The van der Waals surface area contributed by atoms with Gasteiger partial charge in [-0.15, -0.1) is 5.10 Å². The summed E-state index contributed by atoms with van der Waals surface area (Å²) in [4.78, 5) is 2.24. The summed E-state index contributed by atoms with van der Waals surface area (Å²) in [7, 11) is 0. The Bertz CT molecular complexity index is 657. The summed E-state index contributed by atoms with van der Waals surface area (Å²) in [5.74, 6) is 0.740. The van der Waals surface area contributed by atoms with E-state index in [4.69, 9.17) is 0 Å². The molecular weight excluding hydrogens is 268 g/mol. The van der Waals surface area contributed by atoms with E-state index >= 15 is 0 Å². The molecule has 5 heteroatoms. The van der Waals surface area contributed by atoms with Crippen molar-refractivity contribution in [1.82, 2.24) is 10.2 Å². The molecule has 1 fully saturated rings. The van der Waals surface area contributed by atoms with Gasteiger partial charge in [0.1, 0.15) is 11.6 Å². The average molecular weight is 284 g/mol. The lowest BCUT2D eigenvalue weighted by atomic mass is 10.1. The van der Waals surface area contributed by atoms with E-state index < -0.39 is 0 Å². The Morgan fingerprint density at radius 1 is 1.40 bits per heavy atom. The molecule has 1 saturated heterocycles. The van der Waals surface area contributed by atoms with Crippen LogP contribution in [0, 0.1) is 25.2 Å². The highest BCUT2D eigenvalue weighted by atomic mass is 32.1. The van der Waals surface area contributed by atoms with Crippen LogP contribution in [0.1, 0.15) is 41.3 Å². The molecule has 4 nitrogen and oxygen atoms in total. The average Bonchev–Trinajstić information content (AvgIpc) is 3.10. The number of rotatable bonds is 2. The first kappa shape index (κ1) is 13.1. The van der Waals surface area contributed by atoms with Crippen molar-refractivity contribution in [2.75, 3.05) is 11.4 Å². The number of anilines is 1. The number of aryl methyl sites for hydroxylation is 1. The largest absolute Gasteiger partial charge is 0.347 e. The lowest BCUT2D eigenvalue weighted by molar-refractivity contribution is 0.705. The Morgan fingerprint density at radius 2 is 2.25 bits per heavy atom. The number of nitriles is 1. The molecule has 0 saturated carbocycles. The smallest absolute Gasteiger partial charge is 0.170 e. The van der Waals surface area contributed by atoms with Gasteiger partial charge in [-0.1, -0.05) is 0 Å². The zero-order valence-corrected chi connectivity index (χ0v) is 12.4. The summed E-state index contributed by atoms with van der Waals surface area (Å²) in [6.07, 6.45) is 2.23. The van der Waals surface area contributed by atoms with Crippen molar-refractivity contribution in [3.63, 3.8) is 0 Å². The quantitative estimate of drug-likeness (QED) is 0.848. The summed E-state index contributed by atoms with van der Waals surface area (Å²) in [5.41, 5.74) is 3.75. The molecular formula is C15H16N4S. The van der Waals surface area contributed by atoms with Crippen molar-refractivity contribution in [2.24, 2.45) is 0 Å². The van der Waals surface area contributed by atoms with Crippen molar-refractivity contribution >= 4 is 17.2 Å². The molecule has 2 aromatic heterocycles. The van der Waals surface area contributed by atoms with E-state index in [2.05, 4.69) is 38.0 Å². The Morgan fingerprint density at radius 3 is 2.95 bits per heavy atom. The molecule has 3 rings (SSSR count). The van der Waals surface area contributed by atoms with Gasteiger partial charge in [0.2, 0.25) is 0 Å². The van der Waals surface area contributed by atoms with Crippen LogP contribution >= 0.6 is 11.3 Å². The highest BCUT2D eigenvalue weighted by Crippen LogP contribution is 2.37. The van der Waals surface area contributed by atoms with Crippen LogP contribution in [-0.2, 0) is 0 Å². The van der Waals surface area contributed by atoms with Crippen molar-refractivity contribution in [3.05, 3.63) is 39.2 Å². The van der Waals surface area contributed by atoms with Crippen LogP contribution in [0.2, 0.25) is 0 Å². The Hall–Kier alpha value is -1.93. The van der Waals surface area contributed by atoms with Crippen LogP contribution in [0.25, 0.3) is 0 Å². The number of aromatic nitrogens is 2. The molecule has 0 unspecified atom stereocenters. The van der Waals surface area contributed by atoms with Crippen LogP contribution in [0.15, 0.2) is 16.8 Å². The van der Waals surface area contributed by atoms with Gasteiger partial charge in [0.15, 0.2) is 5.82 Å². The fourth-order valence-electron chi connectivity index (χ4n) is 2.76. The Balaban J connectivity index is 2.05. The van der Waals surface area contributed by atoms with E-state index in [1.807, 2.05) is 13.8 Å². The van der Waals surface area contributed by atoms with Crippen LogP contribution in [0.3, 0.4) is 0 Å². The zero-order chi connectivity index (χ0) is 14.1. The molecule has 0 amide bonds. The number of thiophene rings is 1. The monoisotopic (exact) mass is 284 g/mol. The molecule has 102 valence electrons. The maximum Gasteiger partial charge on any atom is 0.170 e. The first-order valence-corrected chi connectivity index (χ1v) is 7.69. The van der Waals surface area contributed by atoms with E-state index in [1.165, 1.54) is 5.56 Å². The molecule has 0 aliphatic carbocycles. The molecule has 2 aromatic rings. The molecule has 0 spiro atoms.